The largest absolute Gasteiger partial charge is 0.494 e. The molecule has 0 atom stereocenters. The second-order valence-corrected chi connectivity index (χ2v) is 8.08. The van der Waals surface area contributed by atoms with Crippen molar-refractivity contribution < 1.29 is 13.2 Å². The van der Waals surface area contributed by atoms with Gasteiger partial charge in [0.05, 0.1) is 12.4 Å². The van der Waals surface area contributed by atoms with E-state index in [1.54, 1.807) is 13.1 Å². The lowest BCUT2D eigenvalue weighted by Gasteiger charge is -2.13. The van der Waals surface area contributed by atoms with Crippen molar-refractivity contribution in [1.29, 1.82) is 0 Å². The van der Waals surface area contributed by atoms with Crippen molar-refractivity contribution in [3.8, 4) is 5.75 Å². The van der Waals surface area contributed by atoms with Gasteiger partial charge >= 0.3 is 0 Å². The second kappa shape index (κ2) is 13.4. The topological polar surface area (TPSA) is 91.8 Å². The van der Waals surface area contributed by atoms with Crippen molar-refractivity contribution >= 4 is 40.0 Å². The molecule has 0 fully saturated rings. The third-order valence-electron chi connectivity index (χ3n) is 3.97. The summed E-state index contributed by atoms with van der Waals surface area (Å²) in [6.45, 7) is 1.90. The van der Waals surface area contributed by atoms with Crippen LogP contribution in [0.25, 0.3) is 0 Å². The van der Waals surface area contributed by atoms with E-state index in [1.807, 2.05) is 48.5 Å². The molecule has 0 amide bonds. The van der Waals surface area contributed by atoms with Crippen LogP contribution in [0, 0.1) is 0 Å². The van der Waals surface area contributed by atoms with E-state index in [1.165, 1.54) is 7.05 Å². The minimum Gasteiger partial charge on any atom is -0.494 e. The van der Waals surface area contributed by atoms with E-state index >= 15 is 0 Å². The van der Waals surface area contributed by atoms with Gasteiger partial charge in [-0.3, -0.25) is 4.99 Å². The van der Waals surface area contributed by atoms with Gasteiger partial charge in [-0.05, 0) is 36.7 Å². The molecule has 0 bridgehead atoms. The molecule has 3 N–H and O–H groups in total. The zero-order valence-corrected chi connectivity index (χ0v) is 19.9. The maximum absolute atomic E-state index is 11.7. The number of halogens is 1. The number of benzene rings is 2. The SMILES string of the molecule is CN=C(NCCCOc1ccccc1)NCc1cccc(CS(=O)(=O)NC)c1.I. The number of hydrogen-bond acceptors (Lipinski definition) is 4. The van der Waals surface area contributed by atoms with Crippen LogP contribution in [0.5, 0.6) is 5.75 Å². The number of nitrogens with zero attached hydrogens (tertiary/aromatic N) is 1. The van der Waals surface area contributed by atoms with Gasteiger partial charge in [0.2, 0.25) is 10.0 Å². The molecule has 0 aliphatic carbocycles. The number of ether oxygens (including phenoxy) is 1. The van der Waals surface area contributed by atoms with Gasteiger partial charge in [0.1, 0.15) is 5.75 Å². The Morgan fingerprint density at radius 1 is 1.03 bits per heavy atom. The van der Waals surface area contributed by atoms with E-state index in [0.717, 1.165) is 29.8 Å². The Morgan fingerprint density at radius 2 is 1.76 bits per heavy atom. The van der Waals surface area contributed by atoms with E-state index in [2.05, 4.69) is 20.3 Å². The molecule has 160 valence electrons. The third-order valence-corrected chi connectivity index (χ3v) is 5.30. The van der Waals surface area contributed by atoms with Gasteiger partial charge in [-0.15, -0.1) is 24.0 Å². The van der Waals surface area contributed by atoms with E-state index < -0.39 is 10.0 Å². The minimum atomic E-state index is -3.28. The summed E-state index contributed by atoms with van der Waals surface area (Å²) in [5.74, 6) is 1.52. The smallest absolute Gasteiger partial charge is 0.215 e. The lowest BCUT2D eigenvalue weighted by molar-refractivity contribution is 0.311. The number of guanidine groups is 1. The van der Waals surface area contributed by atoms with Crippen LogP contribution in [-0.4, -0.2) is 41.6 Å². The molecule has 0 aliphatic rings. The van der Waals surface area contributed by atoms with Crippen LogP contribution in [0.2, 0.25) is 0 Å². The van der Waals surface area contributed by atoms with Gasteiger partial charge in [-0.25, -0.2) is 13.1 Å². The summed E-state index contributed by atoms with van der Waals surface area (Å²) in [5, 5.41) is 6.47. The molecule has 0 saturated heterocycles. The number of sulfonamides is 1. The zero-order chi connectivity index (χ0) is 20.2. The number of nitrogens with one attached hydrogen (secondary N) is 3. The first kappa shape index (κ1) is 25.2. The van der Waals surface area contributed by atoms with E-state index in [-0.39, 0.29) is 29.7 Å². The van der Waals surface area contributed by atoms with Crippen molar-refractivity contribution in [2.24, 2.45) is 4.99 Å². The number of aliphatic imine (C=N–C) groups is 1. The van der Waals surface area contributed by atoms with Gasteiger partial charge in [-0.2, -0.15) is 0 Å². The summed E-state index contributed by atoms with van der Waals surface area (Å²) in [7, 11) is -0.149. The second-order valence-electron chi connectivity index (χ2n) is 6.15. The minimum absolute atomic E-state index is 0. The normalized spacial score (nSPS) is 11.4. The number of rotatable bonds is 10. The molecule has 7 nitrogen and oxygen atoms in total. The van der Waals surface area contributed by atoms with E-state index in [9.17, 15) is 8.42 Å². The number of para-hydroxylation sites is 1. The van der Waals surface area contributed by atoms with Crippen molar-refractivity contribution in [1.82, 2.24) is 15.4 Å². The predicted octanol–water partition coefficient (Wildman–Crippen LogP) is 2.49. The Kier molecular flexibility index (Phi) is 11.6. The maximum atomic E-state index is 11.7. The van der Waals surface area contributed by atoms with E-state index in [0.29, 0.717) is 19.1 Å². The van der Waals surface area contributed by atoms with Crippen LogP contribution in [0.15, 0.2) is 59.6 Å². The quantitative estimate of drug-likeness (QED) is 0.189. The highest BCUT2D eigenvalue weighted by Crippen LogP contribution is 2.09. The molecule has 29 heavy (non-hydrogen) atoms. The first-order chi connectivity index (χ1) is 13.5. The van der Waals surface area contributed by atoms with Crippen LogP contribution in [0.3, 0.4) is 0 Å². The summed E-state index contributed by atoms with van der Waals surface area (Å²) in [5.41, 5.74) is 1.73. The lowest BCUT2D eigenvalue weighted by atomic mass is 10.1. The van der Waals surface area contributed by atoms with Crippen LogP contribution in [-0.2, 0) is 22.3 Å². The monoisotopic (exact) mass is 532 g/mol. The van der Waals surface area contributed by atoms with Crippen molar-refractivity contribution in [3.63, 3.8) is 0 Å². The fraction of sp³-hybridized carbons (Fsp3) is 0.350. The summed E-state index contributed by atoms with van der Waals surface area (Å²) >= 11 is 0. The Bertz CT molecular complexity index is 861. The molecule has 0 saturated carbocycles. The molecular weight excluding hydrogens is 503 g/mol. The standard InChI is InChI=1S/C20H28N4O3S.HI/c1-21-20(23-12-7-13-27-19-10-4-3-5-11-19)24-15-17-8-6-9-18(14-17)16-28(25,26)22-2;/h3-6,8-11,14,22H,7,12-13,15-16H2,1-2H3,(H2,21,23,24);1H. The van der Waals surface area contributed by atoms with Crippen molar-refractivity contribution in [3.05, 3.63) is 65.7 Å². The average molecular weight is 532 g/mol. The Hall–Kier alpha value is -1.85. The molecule has 0 aliphatic heterocycles. The Balaban J connectivity index is 0.00000420. The summed E-state index contributed by atoms with van der Waals surface area (Å²) in [4.78, 5) is 4.20. The Labute approximate surface area is 190 Å². The molecule has 0 spiro atoms. The zero-order valence-electron chi connectivity index (χ0n) is 16.7. The van der Waals surface area contributed by atoms with E-state index in [4.69, 9.17) is 4.74 Å². The first-order valence-corrected chi connectivity index (χ1v) is 10.8. The van der Waals surface area contributed by atoms with Crippen LogP contribution < -0.4 is 20.1 Å². The van der Waals surface area contributed by atoms with Crippen molar-refractivity contribution in [2.75, 3.05) is 27.2 Å². The summed E-state index contributed by atoms with van der Waals surface area (Å²) in [6.07, 6.45) is 0.840. The van der Waals surface area contributed by atoms with Gasteiger partial charge in [-0.1, -0.05) is 42.5 Å². The Morgan fingerprint density at radius 3 is 2.45 bits per heavy atom. The molecule has 0 radical (unpaired) electrons. The fourth-order valence-electron chi connectivity index (χ4n) is 2.51. The maximum Gasteiger partial charge on any atom is 0.215 e. The average Bonchev–Trinajstić information content (AvgIpc) is 2.71. The van der Waals surface area contributed by atoms with Crippen LogP contribution >= 0.6 is 24.0 Å². The molecule has 2 rings (SSSR count). The van der Waals surface area contributed by atoms with Crippen LogP contribution in [0.1, 0.15) is 17.5 Å². The molecular formula is C20H29IN4O3S. The summed E-state index contributed by atoms with van der Waals surface area (Å²) in [6, 6.07) is 17.2. The van der Waals surface area contributed by atoms with Crippen molar-refractivity contribution in [2.45, 2.75) is 18.7 Å². The highest BCUT2D eigenvalue weighted by molar-refractivity contribution is 14.0. The van der Waals surface area contributed by atoms with Crippen LogP contribution in [0.4, 0.5) is 0 Å². The van der Waals surface area contributed by atoms with Gasteiger partial charge in [0.25, 0.3) is 0 Å². The lowest BCUT2D eigenvalue weighted by Crippen LogP contribution is -2.37. The molecule has 0 unspecified atom stereocenters. The molecule has 0 heterocycles. The highest BCUT2D eigenvalue weighted by Gasteiger charge is 2.09. The van der Waals surface area contributed by atoms with Gasteiger partial charge in [0.15, 0.2) is 5.96 Å². The first-order valence-electron chi connectivity index (χ1n) is 9.14. The highest BCUT2D eigenvalue weighted by atomic mass is 127. The number of hydrogen-bond donors (Lipinski definition) is 3. The molecule has 2 aromatic rings. The predicted molar refractivity (Wildman–Crippen MR) is 128 cm³/mol. The van der Waals surface area contributed by atoms with Gasteiger partial charge in [0, 0.05) is 20.1 Å². The summed E-state index contributed by atoms with van der Waals surface area (Å²) < 4.78 is 31.4. The third kappa shape index (κ3) is 9.95. The molecule has 9 heteroatoms. The molecule has 0 aromatic heterocycles. The fourth-order valence-corrected chi connectivity index (χ4v) is 3.28. The molecule has 2 aromatic carbocycles. The van der Waals surface area contributed by atoms with Gasteiger partial charge < -0.3 is 15.4 Å².